The molecule has 0 bridgehead atoms. The molecule has 0 amide bonds. The first-order valence-electron chi connectivity index (χ1n) is 3.76. The number of hydrogen-bond donors (Lipinski definition) is 1. The number of alkyl halides is 2. The Morgan fingerprint density at radius 1 is 1.60 bits per heavy atom. The van der Waals surface area contributed by atoms with Crippen molar-refractivity contribution in [2.45, 2.75) is 11.4 Å². The largest absolute Gasteiger partial charge is 1.00 e. The van der Waals surface area contributed by atoms with E-state index >= 15 is 0 Å². The molecule has 0 saturated heterocycles. The van der Waals surface area contributed by atoms with Crippen molar-refractivity contribution in [3.05, 3.63) is 22.8 Å². The van der Waals surface area contributed by atoms with Crippen LogP contribution in [0.4, 0.5) is 5.82 Å². The quantitative estimate of drug-likeness (QED) is 0.552. The van der Waals surface area contributed by atoms with Gasteiger partial charge in [-0.05, 0) is 28.1 Å². The van der Waals surface area contributed by atoms with Crippen LogP contribution < -0.4 is 22.7 Å². The van der Waals surface area contributed by atoms with Crippen molar-refractivity contribution in [1.29, 1.82) is 0 Å². The number of hydrogen-bond acceptors (Lipinski definition) is 2. The molecule has 0 saturated carbocycles. The maximum Gasteiger partial charge on any atom is 0.287 e. The summed E-state index contributed by atoms with van der Waals surface area (Å²) >= 11 is 14.1. The molecule has 0 unspecified atom stereocenters. The molecule has 0 aliphatic heterocycles. The molecule has 0 aliphatic carbocycles. The molecule has 1 aromatic heterocycles. The summed E-state index contributed by atoms with van der Waals surface area (Å²) in [5.74, 6) is 0.179. The van der Waals surface area contributed by atoms with Gasteiger partial charge in [-0.25, -0.2) is 4.57 Å². The van der Waals surface area contributed by atoms with Crippen molar-refractivity contribution >= 4 is 50.7 Å². The van der Waals surface area contributed by atoms with E-state index < -0.39 is 4.84 Å². The number of carbonyl (C=O) groups excluding carboxylic acids is 1. The molecule has 0 atom stereocenters. The number of carbonyl (C=O) groups is 1. The third-order valence-electron chi connectivity index (χ3n) is 1.63. The molecule has 0 aromatic carbocycles. The average molecular weight is 334 g/mol. The molecule has 0 fully saturated rings. The number of nitrogen functional groups attached to an aromatic ring is 1. The van der Waals surface area contributed by atoms with E-state index in [1.54, 1.807) is 22.9 Å². The van der Waals surface area contributed by atoms with Gasteiger partial charge in [0, 0.05) is 0 Å². The number of anilines is 1. The van der Waals surface area contributed by atoms with Gasteiger partial charge in [0.2, 0.25) is 5.78 Å². The maximum atomic E-state index is 11.2. The molecule has 1 heterocycles. The van der Waals surface area contributed by atoms with Crippen LogP contribution in [-0.4, -0.2) is 10.6 Å². The number of ketones is 1. The van der Waals surface area contributed by atoms with Crippen LogP contribution in [0.2, 0.25) is 0 Å². The second kappa shape index (κ2) is 6.53. The number of halogens is 4. The van der Waals surface area contributed by atoms with Crippen LogP contribution in [0.3, 0.4) is 0 Å². The molecule has 2 N–H and O–H groups in total. The smallest absolute Gasteiger partial charge is 0.287 e. The highest BCUT2D eigenvalue weighted by atomic mass is 79.9. The summed E-state index contributed by atoms with van der Waals surface area (Å²) in [4.78, 5) is 10.2. The summed E-state index contributed by atoms with van der Waals surface area (Å²) in [6.45, 7) is 0.0724. The van der Waals surface area contributed by atoms with Crippen LogP contribution >= 0.6 is 39.1 Å². The van der Waals surface area contributed by atoms with Crippen molar-refractivity contribution in [3.63, 3.8) is 0 Å². The molecule has 1 rings (SSSR count). The Morgan fingerprint density at radius 3 is 2.73 bits per heavy atom. The molecule has 3 nitrogen and oxygen atoms in total. The predicted molar refractivity (Wildman–Crippen MR) is 59.3 cm³/mol. The lowest BCUT2D eigenvalue weighted by atomic mass is 10.4. The third kappa shape index (κ3) is 4.15. The monoisotopic (exact) mass is 332 g/mol. The first-order chi connectivity index (χ1) is 6.52. The Kier molecular flexibility index (Phi) is 6.52. The molecular weight excluding hydrogens is 326 g/mol. The number of rotatable bonds is 3. The number of nitrogens with zero attached hydrogens (tertiary/aromatic N) is 1. The fourth-order valence-corrected chi connectivity index (χ4v) is 1.43. The highest BCUT2D eigenvalue weighted by Crippen LogP contribution is 2.13. The SMILES string of the molecule is Nc1c(Br)ccc[n+]1CC(=O)C(Cl)Cl.[Cl-]. The first-order valence-corrected chi connectivity index (χ1v) is 5.43. The van der Waals surface area contributed by atoms with E-state index in [4.69, 9.17) is 28.9 Å². The molecule has 0 spiro atoms. The highest BCUT2D eigenvalue weighted by molar-refractivity contribution is 9.10. The van der Waals surface area contributed by atoms with Crippen molar-refractivity contribution in [2.75, 3.05) is 5.73 Å². The van der Waals surface area contributed by atoms with Crippen molar-refractivity contribution in [2.24, 2.45) is 0 Å². The summed E-state index contributed by atoms with van der Waals surface area (Å²) in [5, 5.41) is 0. The van der Waals surface area contributed by atoms with Gasteiger partial charge in [0.05, 0.1) is 6.20 Å². The van der Waals surface area contributed by atoms with Gasteiger partial charge >= 0.3 is 0 Å². The summed E-state index contributed by atoms with van der Waals surface area (Å²) in [6.07, 6.45) is 1.69. The zero-order chi connectivity index (χ0) is 10.7. The Bertz CT molecular complexity index is 360. The predicted octanol–water partition coefficient (Wildman–Crippen LogP) is -1.30. The van der Waals surface area contributed by atoms with E-state index in [0.717, 1.165) is 4.47 Å². The lowest BCUT2D eigenvalue weighted by molar-refractivity contribution is -0.670. The van der Waals surface area contributed by atoms with Gasteiger partial charge < -0.3 is 12.4 Å². The van der Waals surface area contributed by atoms with E-state index in [9.17, 15) is 4.79 Å². The van der Waals surface area contributed by atoms with E-state index in [-0.39, 0.29) is 24.7 Å². The fourth-order valence-electron chi connectivity index (χ4n) is 0.909. The van der Waals surface area contributed by atoms with Crippen LogP contribution in [0, 0.1) is 0 Å². The minimum Gasteiger partial charge on any atom is -1.00 e. The summed E-state index contributed by atoms with van der Waals surface area (Å²) in [6, 6.07) is 3.56. The van der Waals surface area contributed by atoms with Crippen molar-refractivity contribution in [1.82, 2.24) is 0 Å². The van der Waals surface area contributed by atoms with Gasteiger partial charge in [0.15, 0.2) is 11.4 Å². The second-order valence-electron chi connectivity index (χ2n) is 2.64. The lowest BCUT2D eigenvalue weighted by Crippen LogP contribution is -3.00. The van der Waals surface area contributed by atoms with Gasteiger partial charge in [-0.2, -0.15) is 0 Å². The Morgan fingerprint density at radius 2 is 2.20 bits per heavy atom. The van der Waals surface area contributed by atoms with Crippen molar-refractivity contribution in [3.8, 4) is 0 Å². The second-order valence-corrected chi connectivity index (χ2v) is 4.59. The van der Waals surface area contributed by atoms with Crippen LogP contribution in [0.25, 0.3) is 0 Å². The number of Topliss-reactive ketones (excluding diaryl/α,β-unsaturated/α-hetero) is 1. The molecule has 0 radical (unpaired) electrons. The van der Waals surface area contributed by atoms with E-state index in [1.807, 2.05) is 0 Å². The molecular formula is C8H8BrCl3N2O. The Hall–Kier alpha value is -0.0300. The molecule has 84 valence electrons. The minimum absolute atomic E-state index is 0. The van der Waals surface area contributed by atoms with Crippen LogP contribution in [-0.2, 0) is 11.3 Å². The van der Waals surface area contributed by atoms with E-state index in [0.29, 0.717) is 5.82 Å². The van der Waals surface area contributed by atoms with Gasteiger partial charge in [-0.1, -0.05) is 23.2 Å². The zero-order valence-corrected chi connectivity index (χ0v) is 11.3. The van der Waals surface area contributed by atoms with Gasteiger partial charge in [0.25, 0.3) is 5.82 Å². The van der Waals surface area contributed by atoms with E-state index in [1.165, 1.54) is 0 Å². The number of aromatic nitrogens is 1. The summed E-state index contributed by atoms with van der Waals surface area (Å²) in [5.41, 5.74) is 5.71. The fraction of sp³-hybridized carbons (Fsp3) is 0.250. The van der Waals surface area contributed by atoms with Crippen LogP contribution in [0.5, 0.6) is 0 Å². The first kappa shape index (κ1) is 15.0. The van der Waals surface area contributed by atoms with Gasteiger partial charge in [-0.15, -0.1) is 0 Å². The Balaban J connectivity index is 0.00000196. The molecule has 15 heavy (non-hydrogen) atoms. The van der Waals surface area contributed by atoms with Crippen molar-refractivity contribution < 1.29 is 21.8 Å². The molecule has 7 heteroatoms. The Labute approximate surface area is 112 Å². The molecule has 1 aromatic rings. The van der Waals surface area contributed by atoms with Crippen LogP contribution in [0.1, 0.15) is 0 Å². The number of pyridine rings is 1. The topological polar surface area (TPSA) is 47.0 Å². The van der Waals surface area contributed by atoms with Gasteiger partial charge in [-0.3, -0.25) is 10.5 Å². The maximum absolute atomic E-state index is 11.2. The normalized spacial score (nSPS) is 9.87. The summed E-state index contributed by atoms with van der Waals surface area (Å²) in [7, 11) is 0. The highest BCUT2D eigenvalue weighted by Gasteiger charge is 2.17. The third-order valence-corrected chi connectivity index (χ3v) is 2.79. The zero-order valence-electron chi connectivity index (χ0n) is 7.46. The summed E-state index contributed by atoms with van der Waals surface area (Å²) < 4.78 is 2.30. The minimum atomic E-state index is -1.01. The standard InChI is InChI=1S/C8H7BrCl2N2O.ClH/c9-5-2-1-3-13(8(5)12)4-6(14)7(10)11;/h1-3,7,12H,4H2;1H. The number of nitrogens with two attached hydrogens (primary N) is 1. The average Bonchev–Trinajstić information content (AvgIpc) is 2.12. The van der Waals surface area contributed by atoms with E-state index in [2.05, 4.69) is 15.9 Å². The van der Waals surface area contributed by atoms with Crippen LogP contribution in [0.15, 0.2) is 22.8 Å². The van der Waals surface area contributed by atoms with Gasteiger partial charge in [0.1, 0.15) is 4.47 Å². The molecule has 0 aliphatic rings. The lowest BCUT2D eigenvalue weighted by Gasteiger charge is -2.03.